The van der Waals surface area contributed by atoms with Gasteiger partial charge in [-0.3, -0.25) is 4.68 Å². The number of aromatic nitrogens is 6. The van der Waals surface area contributed by atoms with E-state index in [4.69, 9.17) is 4.74 Å². The lowest BCUT2D eigenvalue weighted by atomic mass is 10.2. The number of carbonyl (C=O) groups is 1. The van der Waals surface area contributed by atoms with Gasteiger partial charge in [0.15, 0.2) is 5.82 Å². The molecule has 2 N–H and O–H groups in total. The van der Waals surface area contributed by atoms with Crippen molar-refractivity contribution >= 4 is 11.7 Å². The number of anilines is 1. The molecule has 3 aromatic rings. The van der Waals surface area contributed by atoms with Crippen LogP contribution >= 0.6 is 0 Å². The third-order valence-corrected chi connectivity index (χ3v) is 4.44. The van der Waals surface area contributed by atoms with E-state index in [2.05, 4.69) is 31.3 Å². The Labute approximate surface area is 162 Å². The predicted octanol–water partition coefficient (Wildman–Crippen LogP) is 1.75. The quantitative estimate of drug-likeness (QED) is 0.642. The van der Waals surface area contributed by atoms with Gasteiger partial charge in [0.2, 0.25) is 0 Å². The summed E-state index contributed by atoms with van der Waals surface area (Å²) in [5, 5.41) is 21.7. The highest BCUT2D eigenvalue weighted by molar-refractivity contribution is 5.89. The number of rotatable bonds is 7. The van der Waals surface area contributed by atoms with E-state index in [1.165, 1.54) is 0 Å². The van der Waals surface area contributed by atoms with Crippen molar-refractivity contribution in [3.8, 4) is 5.69 Å². The first-order valence-corrected chi connectivity index (χ1v) is 8.91. The summed E-state index contributed by atoms with van der Waals surface area (Å²) in [6, 6.07) is 7.02. The predicted molar refractivity (Wildman–Crippen MR) is 103 cm³/mol. The van der Waals surface area contributed by atoms with Crippen molar-refractivity contribution in [2.75, 3.05) is 19.0 Å². The fourth-order valence-electron chi connectivity index (χ4n) is 2.91. The number of urea groups is 1. The fraction of sp³-hybridized carbons (Fsp3) is 0.389. The number of aryl methyl sites for hydroxylation is 2. The van der Waals surface area contributed by atoms with Crippen molar-refractivity contribution in [1.82, 2.24) is 35.3 Å². The second-order valence-electron chi connectivity index (χ2n) is 6.36. The van der Waals surface area contributed by atoms with Crippen molar-refractivity contribution < 1.29 is 9.53 Å². The van der Waals surface area contributed by atoms with Crippen molar-refractivity contribution in [1.29, 1.82) is 0 Å². The maximum absolute atomic E-state index is 12.3. The zero-order valence-corrected chi connectivity index (χ0v) is 16.4. The summed E-state index contributed by atoms with van der Waals surface area (Å²) in [6.45, 7) is 7.39. The molecule has 2 aromatic heterocycles. The monoisotopic (exact) mass is 384 g/mol. The van der Waals surface area contributed by atoms with Gasteiger partial charge >= 0.3 is 6.03 Å². The summed E-state index contributed by atoms with van der Waals surface area (Å²) >= 11 is 0. The molecule has 0 fully saturated rings. The molecule has 3 rings (SSSR count). The molecule has 0 spiro atoms. The van der Waals surface area contributed by atoms with Crippen molar-refractivity contribution in [2.24, 2.45) is 0 Å². The Morgan fingerprint density at radius 3 is 2.79 bits per heavy atom. The molecule has 0 saturated carbocycles. The summed E-state index contributed by atoms with van der Waals surface area (Å²) in [5.74, 6) is 0.665. The van der Waals surface area contributed by atoms with Gasteiger partial charge in [-0.1, -0.05) is 6.07 Å². The summed E-state index contributed by atoms with van der Waals surface area (Å²) in [7, 11) is 1.66. The van der Waals surface area contributed by atoms with E-state index in [0.29, 0.717) is 31.2 Å². The standard InChI is InChI=1S/C18H24N8O2/c1-12-17(13(2)25(22-12)8-9-28-4)11-19-18(27)20-15-6-5-7-16(10-15)26-14(3)21-23-24-26/h5-7,10H,8-9,11H2,1-4H3,(H2,19,20,27). The van der Waals surface area contributed by atoms with Crippen LogP contribution in [-0.4, -0.2) is 49.7 Å². The number of hydrogen-bond donors (Lipinski definition) is 2. The van der Waals surface area contributed by atoms with Crippen LogP contribution in [0.5, 0.6) is 0 Å². The Bertz CT molecular complexity index is 962. The van der Waals surface area contributed by atoms with Crippen LogP contribution in [0.25, 0.3) is 5.69 Å². The summed E-state index contributed by atoms with van der Waals surface area (Å²) in [5.41, 5.74) is 4.33. The normalized spacial score (nSPS) is 10.9. The molecule has 28 heavy (non-hydrogen) atoms. The Hall–Kier alpha value is -3.27. The van der Waals surface area contributed by atoms with Gasteiger partial charge in [0, 0.05) is 30.6 Å². The van der Waals surface area contributed by atoms with E-state index in [-0.39, 0.29) is 6.03 Å². The molecule has 0 saturated heterocycles. The number of tetrazole rings is 1. The molecular formula is C18H24N8O2. The number of benzene rings is 1. The van der Waals surface area contributed by atoms with Gasteiger partial charge in [-0.15, -0.1) is 5.10 Å². The molecule has 0 aliphatic rings. The van der Waals surface area contributed by atoms with Crippen LogP contribution in [-0.2, 0) is 17.8 Å². The minimum absolute atomic E-state index is 0.297. The van der Waals surface area contributed by atoms with E-state index in [1.807, 2.05) is 49.7 Å². The molecule has 148 valence electrons. The van der Waals surface area contributed by atoms with Gasteiger partial charge in [-0.25, -0.2) is 4.79 Å². The van der Waals surface area contributed by atoms with Crippen LogP contribution in [0.1, 0.15) is 22.8 Å². The largest absolute Gasteiger partial charge is 0.383 e. The zero-order valence-electron chi connectivity index (χ0n) is 16.4. The summed E-state index contributed by atoms with van der Waals surface area (Å²) in [4.78, 5) is 12.3. The van der Waals surface area contributed by atoms with Gasteiger partial charge in [0.1, 0.15) is 0 Å². The van der Waals surface area contributed by atoms with Crippen LogP contribution in [0, 0.1) is 20.8 Å². The molecule has 0 radical (unpaired) electrons. The molecule has 2 heterocycles. The number of ether oxygens (including phenoxy) is 1. The second-order valence-corrected chi connectivity index (χ2v) is 6.36. The van der Waals surface area contributed by atoms with E-state index in [1.54, 1.807) is 11.8 Å². The molecule has 0 unspecified atom stereocenters. The topological polar surface area (TPSA) is 112 Å². The number of hydrogen-bond acceptors (Lipinski definition) is 6. The first-order valence-electron chi connectivity index (χ1n) is 8.91. The lowest BCUT2D eigenvalue weighted by molar-refractivity contribution is 0.182. The molecule has 0 aliphatic heterocycles. The lowest BCUT2D eigenvalue weighted by Crippen LogP contribution is -2.28. The molecule has 0 aliphatic carbocycles. The third-order valence-electron chi connectivity index (χ3n) is 4.44. The van der Waals surface area contributed by atoms with Gasteiger partial charge in [0.25, 0.3) is 0 Å². The van der Waals surface area contributed by atoms with Gasteiger partial charge in [-0.05, 0) is 49.4 Å². The van der Waals surface area contributed by atoms with Crippen molar-refractivity contribution in [3.63, 3.8) is 0 Å². The first-order chi connectivity index (χ1) is 13.5. The second kappa shape index (κ2) is 8.61. The Morgan fingerprint density at radius 1 is 1.25 bits per heavy atom. The van der Waals surface area contributed by atoms with Gasteiger partial charge < -0.3 is 15.4 Å². The molecule has 1 aromatic carbocycles. The highest BCUT2D eigenvalue weighted by Crippen LogP contribution is 2.15. The van der Waals surface area contributed by atoms with Gasteiger partial charge in [0.05, 0.1) is 24.5 Å². The highest BCUT2D eigenvalue weighted by Gasteiger charge is 2.13. The number of methoxy groups -OCH3 is 1. The average Bonchev–Trinajstić information content (AvgIpc) is 3.21. The highest BCUT2D eigenvalue weighted by atomic mass is 16.5. The molecule has 10 nitrogen and oxygen atoms in total. The van der Waals surface area contributed by atoms with Crippen LogP contribution in [0.15, 0.2) is 24.3 Å². The minimum atomic E-state index is -0.297. The molecular weight excluding hydrogens is 360 g/mol. The Balaban J connectivity index is 1.63. The maximum atomic E-state index is 12.3. The van der Waals surface area contributed by atoms with Gasteiger partial charge in [-0.2, -0.15) is 9.78 Å². The number of nitrogens with one attached hydrogen (secondary N) is 2. The Kier molecular flexibility index (Phi) is 5.99. The first kappa shape index (κ1) is 19.5. The molecule has 0 bridgehead atoms. The number of nitrogens with zero attached hydrogens (tertiary/aromatic N) is 6. The SMILES string of the molecule is COCCn1nc(C)c(CNC(=O)Nc2cccc(-n3nnnc3C)c2)c1C. The Morgan fingerprint density at radius 2 is 2.07 bits per heavy atom. The maximum Gasteiger partial charge on any atom is 0.319 e. The van der Waals surface area contributed by atoms with Crippen molar-refractivity contribution in [3.05, 3.63) is 47.0 Å². The van der Waals surface area contributed by atoms with Crippen LogP contribution < -0.4 is 10.6 Å². The minimum Gasteiger partial charge on any atom is -0.383 e. The number of amides is 2. The van der Waals surface area contributed by atoms with E-state index in [0.717, 1.165) is 22.6 Å². The average molecular weight is 384 g/mol. The molecule has 2 amide bonds. The third kappa shape index (κ3) is 4.34. The summed E-state index contributed by atoms with van der Waals surface area (Å²) < 4.78 is 8.60. The fourth-order valence-corrected chi connectivity index (χ4v) is 2.91. The van der Waals surface area contributed by atoms with Crippen LogP contribution in [0.4, 0.5) is 10.5 Å². The van der Waals surface area contributed by atoms with E-state index < -0.39 is 0 Å². The molecule has 10 heteroatoms. The number of carbonyl (C=O) groups excluding carboxylic acids is 1. The lowest BCUT2D eigenvalue weighted by Gasteiger charge is -2.10. The van der Waals surface area contributed by atoms with E-state index in [9.17, 15) is 4.79 Å². The smallest absolute Gasteiger partial charge is 0.319 e. The van der Waals surface area contributed by atoms with Crippen LogP contribution in [0.3, 0.4) is 0 Å². The molecule has 0 atom stereocenters. The summed E-state index contributed by atoms with van der Waals surface area (Å²) in [6.07, 6.45) is 0. The van der Waals surface area contributed by atoms with E-state index >= 15 is 0 Å². The van der Waals surface area contributed by atoms with Crippen molar-refractivity contribution in [2.45, 2.75) is 33.9 Å². The van der Waals surface area contributed by atoms with Crippen LogP contribution in [0.2, 0.25) is 0 Å². The zero-order chi connectivity index (χ0) is 20.1.